The van der Waals surface area contributed by atoms with Crippen molar-refractivity contribution in [2.45, 2.75) is 121 Å². The van der Waals surface area contributed by atoms with E-state index >= 15 is 0 Å². The summed E-state index contributed by atoms with van der Waals surface area (Å²) in [6, 6.07) is 88.6. The molecule has 6 aliphatic heterocycles. The smallest absolute Gasteiger partial charge is 0.0724 e. The Morgan fingerprint density at radius 1 is 0.212 bits per heavy atom. The zero-order valence-electron chi connectivity index (χ0n) is 49.5. The lowest BCUT2D eigenvalue weighted by molar-refractivity contribution is 0.983. The highest BCUT2D eigenvalue weighted by Crippen LogP contribution is 2.96. The minimum Gasteiger partial charge on any atom is -0.304 e. The molecule has 0 saturated carbocycles. The van der Waals surface area contributed by atoms with Crippen LogP contribution in [0.4, 0.5) is 17.1 Å². The van der Waals surface area contributed by atoms with Crippen LogP contribution < -0.4 is 4.90 Å². The van der Waals surface area contributed by atoms with E-state index in [0.29, 0.717) is 0 Å². The van der Waals surface area contributed by atoms with E-state index in [1.165, 1.54) is 193 Å². The number of benzene rings is 12. The number of nitrogens with zero attached hydrogens (tertiary/aromatic N) is 1. The number of hydrogen-bond donors (Lipinski definition) is 0. The van der Waals surface area contributed by atoms with Gasteiger partial charge in [0.05, 0.1) is 17.1 Å². The first-order valence-corrected chi connectivity index (χ1v) is 34.9. The lowest BCUT2D eigenvalue weighted by Gasteiger charge is -2.60. The SMILES string of the molecule is Cc1cc(C)c(-c2cc3c4c(c2)S2(c5ccccc5-c5ccccc52)c2cc(-c5c(C)cc(C)cc5C)cc5c2N4c2c(cc(-c4c(C)cc(C)cc4C)cc2S52c4ccccc4-c4ccccc42)S32c3ccccc3-c3ccccc32)c(C)c1. The van der Waals surface area contributed by atoms with Gasteiger partial charge in [-0.3, -0.25) is 0 Å². The number of fused-ring (bicyclic) bond motifs is 21. The molecular weight excluding hydrogens is 1080 g/mol. The largest absolute Gasteiger partial charge is 0.304 e. The van der Waals surface area contributed by atoms with Crippen molar-refractivity contribution in [3.05, 3.63) is 268 Å². The summed E-state index contributed by atoms with van der Waals surface area (Å²) < 4.78 is 0. The van der Waals surface area contributed by atoms with Crippen LogP contribution in [0.1, 0.15) is 50.1 Å². The molecular formula is C81H63NS3. The fourth-order valence-corrected chi connectivity index (χ4v) is 31.3. The molecule has 0 unspecified atom stereocenters. The molecule has 0 aliphatic carbocycles. The van der Waals surface area contributed by atoms with Gasteiger partial charge in [-0.25, -0.2) is 0 Å². The first-order valence-electron chi connectivity index (χ1n) is 30.0. The third kappa shape index (κ3) is 5.96. The third-order valence-electron chi connectivity index (χ3n) is 19.8. The van der Waals surface area contributed by atoms with E-state index in [4.69, 9.17) is 0 Å². The van der Waals surface area contributed by atoms with Crippen molar-refractivity contribution < 1.29 is 0 Å². The van der Waals surface area contributed by atoms with Gasteiger partial charge in [-0.1, -0.05) is 162 Å². The predicted octanol–water partition coefficient (Wildman–Crippen LogP) is 23.8. The topological polar surface area (TPSA) is 3.24 Å². The maximum Gasteiger partial charge on any atom is 0.0724 e. The van der Waals surface area contributed by atoms with Crippen molar-refractivity contribution in [1.82, 2.24) is 0 Å². The molecule has 3 spiro atoms. The molecule has 0 fully saturated rings. The monoisotopic (exact) mass is 1150 g/mol. The Labute approximate surface area is 504 Å². The van der Waals surface area contributed by atoms with Crippen molar-refractivity contribution in [3.8, 4) is 66.8 Å². The van der Waals surface area contributed by atoms with Crippen molar-refractivity contribution in [1.29, 1.82) is 0 Å². The number of anilines is 3. The summed E-state index contributed by atoms with van der Waals surface area (Å²) in [7, 11) is -7.02. The number of hydrogen-bond acceptors (Lipinski definition) is 1. The molecule has 1 nitrogen and oxygen atoms in total. The molecule has 6 aliphatic rings. The average molecular weight is 1150 g/mol. The summed E-state index contributed by atoms with van der Waals surface area (Å²) in [5.74, 6) is 0. The standard InChI is InChI=1S/C81H63NS3/c1-46-34-49(4)76(50(5)35-46)55-40-70-79-71(41-55)84(66-30-18-12-24-60(66)61-25-13-19-31-67(61)84)73-43-57(78-53(8)38-48(3)39-54(78)9)45-75-81(73)82(79)80-72(83(70)64-28-16-10-22-58(64)59-23-11-17-29-65(59)83)42-56(77-51(6)36-47(2)37-52(77)7)44-74(80)85(75)68-32-20-14-26-62(68)63-27-15-21-33-69(63)85/h10-45H,1-9H3. The van der Waals surface area contributed by atoms with Gasteiger partial charge in [0.25, 0.3) is 0 Å². The molecule has 6 heterocycles. The van der Waals surface area contributed by atoms with Gasteiger partial charge >= 0.3 is 0 Å². The molecule has 0 amide bonds. The third-order valence-corrected chi connectivity index (χ3v) is 31.8. The molecule has 0 N–H and O–H groups in total. The highest BCUT2D eigenvalue weighted by atomic mass is 32.3. The van der Waals surface area contributed by atoms with Crippen LogP contribution in [0.15, 0.2) is 277 Å². The molecule has 0 aromatic heterocycles. The summed E-state index contributed by atoms with van der Waals surface area (Å²) >= 11 is 0. The van der Waals surface area contributed by atoms with Gasteiger partial charge in [0.2, 0.25) is 0 Å². The fraction of sp³-hybridized carbons (Fsp3) is 0.111. The van der Waals surface area contributed by atoms with E-state index in [0.717, 1.165) is 0 Å². The molecule has 0 radical (unpaired) electrons. The second-order valence-corrected chi connectivity index (χ2v) is 33.9. The molecule has 0 atom stereocenters. The zero-order valence-corrected chi connectivity index (χ0v) is 51.9. The molecule has 12 aromatic carbocycles. The highest BCUT2D eigenvalue weighted by molar-refractivity contribution is 8.36. The van der Waals surface area contributed by atoms with Gasteiger partial charge in [0.1, 0.15) is 0 Å². The van der Waals surface area contributed by atoms with Gasteiger partial charge in [0.15, 0.2) is 0 Å². The van der Waals surface area contributed by atoms with Crippen LogP contribution in [0.25, 0.3) is 66.8 Å². The van der Waals surface area contributed by atoms with Crippen LogP contribution >= 0.6 is 30.1 Å². The molecule has 410 valence electrons. The Morgan fingerprint density at radius 3 is 0.576 bits per heavy atom. The first-order chi connectivity index (χ1) is 41.4. The summed E-state index contributed by atoms with van der Waals surface area (Å²) in [5, 5.41) is 0. The molecule has 18 rings (SSSR count). The second kappa shape index (κ2) is 17.1. The number of aryl methyl sites for hydroxylation is 9. The maximum absolute atomic E-state index is 2.93. The van der Waals surface area contributed by atoms with E-state index in [-0.39, 0.29) is 0 Å². The van der Waals surface area contributed by atoms with E-state index in [1.54, 1.807) is 0 Å². The van der Waals surface area contributed by atoms with Gasteiger partial charge in [-0.15, -0.1) is 30.1 Å². The van der Waals surface area contributed by atoms with Crippen LogP contribution in [0, 0.1) is 62.3 Å². The quantitative estimate of drug-likeness (QED) is 0.170. The molecule has 85 heavy (non-hydrogen) atoms. The van der Waals surface area contributed by atoms with Crippen LogP contribution in [0.3, 0.4) is 0 Å². The first kappa shape index (κ1) is 49.9. The molecule has 4 heteroatoms. The average Bonchev–Trinajstić information content (AvgIpc) is 1.63. The predicted molar refractivity (Wildman–Crippen MR) is 358 cm³/mol. The van der Waals surface area contributed by atoms with Crippen LogP contribution in [-0.2, 0) is 0 Å². The van der Waals surface area contributed by atoms with E-state index in [9.17, 15) is 0 Å². The van der Waals surface area contributed by atoms with Crippen molar-refractivity contribution in [2.75, 3.05) is 4.90 Å². The Kier molecular flexibility index (Phi) is 10.0. The molecule has 0 bridgehead atoms. The lowest BCUT2D eigenvalue weighted by Crippen LogP contribution is -2.32. The van der Waals surface area contributed by atoms with Crippen molar-refractivity contribution >= 4 is 47.1 Å². The van der Waals surface area contributed by atoms with Crippen molar-refractivity contribution in [2.24, 2.45) is 0 Å². The minimum atomic E-state index is -2.34. The summed E-state index contributed by atoms with van der Waals surface area (Å²) in [6.07, 6.45) is 0. The van der Waals surface area contributed by atoms with Gasteiger partial charge in [0, 0.05) is 58.7 Å². The molecule has 0 saturated heterocycles. The lowest BCUT2D eigenvalue weighted by atomic mass is 9.92. The summed E-state index contributed by atoms with van der Waals surface area (Å²) in [6.45, 7) is 20.9. The van der Waals surface area contributed by atoms with E-state index in [1.807, 2.05) is 0 Å². The second-order valence-electron chi connectivity index (χ2n) is 24.9. The highest BCUT2D eigenvalue weighted by Gasteiger charge is 2.61. The van der Waals surface area contributed by atoms with Crippen molar-refractivity contribution in [3.63, 3.8) is 0 Å². The zero-order chi connectivity index (χ0) is 57.3. The summed E-state index contributed by atoms with van der Waals surface area (Å²) in [5.41, 5.74) is 32.0. The Hall–Kier alpha value is -8.51. The molecule has 12 aromatic rings. The summed E-state index contributed by atoms with van der Waals surface area (Å²) in [4.78, 5) is 20.2. The fourth-order valence-electron chi connectivity index (χ4n) is 17.4. The maximum atomic E-state index is 2.93. The Balaban J connectivity index is 1.16. The van der Waals surface area contributed by atoms with Crippen LogP contribution in [0.2, 0.25) is 0 Å². The van der Waals surface area contributed by atoms with E-state index < -0.39 is 30.1 Å². The normalized spacial score (nSPS) is 16.3. The Morgan fingerprint density at radius 2 is 0.388 bits per heavy atom. The van der Waals surface area contributed by atoms with Gasteiger partial charge in [-0.2, -0.15) is 0 Å². The van der Waals surface area contributed by atoms with E-state index in [2.05, 4.69) is 286 Å². The Bertz CT molecular complexity index is 4300. The van der Waals surface area contributed by atoms with Gasteiger partial charge in [-0.05, 0) is 235 Å². The minimum absolute atomic E-state index is 1.30. The van der Waals surface area contributed by atoms with Crippen LogP contribution in [-0.4, -0.2) is 0 Å². The number of rotatable bonds is 3. The van der Waals surface area contributed by atoms with Crippen LogP contribution in [0.5, 0.6) is 0 Å². The van der Waals surface area contributed by atoms with Gasteiger partial charge < -0.3 is 4.90 Å².